The summed E-state index contributed by atoms with van der Waals surface area (Å²) in [6.45, 7) is 7.61. The first-order valence-electron chi connectivity index (χ1n) is 11.2. The zero-order chi connectivity index (χ0) is 22.3. The van der Waals surface area contributed by atoms with E-state index in [1.807, 2.05) is 11.8 Å². The Morgan fingerprint density at radius 1 is 1.19 bits per heavy atom. The molecular formula is C22H31N5O4. The third-order valence-corrected chi connectivity index (χ3v) is 6.70. The van der Waals surface area contributed by atoms with Crippen molar-refractivity contribution in [1.82, 2.24) is 24.7 Å². The molecule has 4 rings (SSSR count). The molecule has 1 aromatic rings. The van der Waals surface area contributed by atoms with Crippen LogP contribution < -0.4 is 10.9 Å². The first-order chi connectivity index (χ1) is 14.7. The number of hydrogen-bond acceptors (Lipinski definition) is 5. The highest BCUT2D eigenvalue weighted by Gasteiger charge is 2.43. The zero-order valence-corrected chi connectivity index (χ0v) is 18.6. The van der Waals surface area contributed by atoms with Gasteiger partial charge in [-0.3, -0.25) is 19.3 Å². The van der Waals surface area contributed by atoms with Crippen molar-refractivity contribution in [1.29, 1.82) is 0 Å². The zero-order valence-electron chi connectivity index (χ0n) is 18.6. The minimum atomic E-state index is -0.887. The van der Waals surface area contributed by atoms with E-state index in [0.717, 1.165) is 43.7 Å². The Morgan fingerprint density at radius 3 is 2.68 bits per heavy atom. The lowest BCUT2D eigenvalue weighted by Gasteiger charge is -2.34. The Kier molecular flexibility index (Phi) is 5.61. The standard InChI is InChI=1S/C22H31N5O4/c1-14-18(26-11-5-8-16(26)23-19(14)29)15-7-4-10-25(13-15)17(28)9-6-12-27-20(30)22(2,3)24-21(27)31/h15H,4-13H2,1-3H3,(H,24,31)/t15-/m1/s1. The molecule has 168 valence electrons. The van der Waals surface area contributed by atoms with Crippen LogP contribution in [0.3, 0.4) is 0 Å². The van der Waals surface area contributed by atoms with Gasteiger partial charge in [-0.15, -0.1) is 0 Å². The quantitative estimate of drug-likeness (QED) is 0.711. The van der Waals surface area contributed by atoms with Crippen molar-refractivity contribution in [2.45, 2.75) is 77.3 Å². The van der Waals surface area contributed by atoms with E-state index in [2.05, 4.69) is 14.9 Å². The summed E-state index contributed by atoms with van der Waals surface area (Å²) >= 11 is 0. The summed E-state index contributed by atoms with van der Waals surface area (Å²) in [5.74, 6) is 0.782. The molecule has 0 aliphatic carbocycles. The van der Waals surface area contributed by atoms with Crippen molar-refractivity contribution in [2.24, 2.45) is 0 Å². The monoisotopic (exact) mass is 429 g/mol. The van der Waals surface area contributed by atoms with Gasteiger partial charge in [0.2, 0.25) is 5.91 Å². The Bertz CT molecular complexity index is 983. The van der Waals surface area contributed by atoms with Gasteiger partial charge in [-0.2, -0.15) is 4.98 Å². The molecule has 4 amide bonds. The largest absolute Gasteiger partial charge is 0.342 e. The molecule has 3 aliphatic heterocycles. The highest BCUT2D eigenvalue weighted by Crippen LogP contribution is 2.31. The Morgan fingerprint density at radius 2 is 1.97 bits per heavy atom. The van der Waals surface area contributed by atoms with Gasteiger partial charge in [0.15, 0.2) is 0 Å². The second-order valence-electron chi connectivity index (χ2n) is 9.39. The Hall–Kier alpha value is -2.71. The highest BCUT2D eigenvalue weighted by molar-refractivity contribution is 6.06. The number of carbonyl (C=O) groups excluding carboxylic acids is 3. The van der Waals surface area contributed by atoms with Gasteiger partial charge in [-0.1, -0.05) is 0 Å². The summed E-state index contributed by atoms with van der Waals surface area (Å²) in [6.07, 6.45) is 4.40. The average Bonchev–Trinajstić information content (AvgIpc) is 3.25. The molecule has 4 heterocycles. The Labute approximate surface area is 181 Å². The summed E-state index contributed by atoms with van der Waals surface area (Å²) in [7, 11) is 0. The maximum Gasteiger partial charge on any atom is 0.325 e. The second-order valence-corrected chi connectivity index (χ2v) is 9.39. The fourth-order valence-corrected chi connectivity index (χ4v) is 5.07. The lowest BCUT2D eigenvalue weighted by Crippen LogP contribution is -2.41. The molecule has 1 N–H and O–H groups in total. The normalized spacial score (nSPS) is 22.6. The SMILES string of the molecule is Cc1c([C@@H]2CCCN(C(=O)CCCN3C(=O)NC(C)(C)C3=O)C2)n2c(nc1=O)CCC2. The molecule has 0 bridgehead atoms. The fraction of sp³-hybridized carbons (Fsp3) is 0.682. The lowest BCUT2D eigenvalue weighted by molar-refractivity contribution is -0.134. The minimum Gasteiger partial charge on any atom is -0.342 e. The van der Waals surface area contributed by atoms with Crippen molar-refractivity contribution >= 4 is 17.8 Å². The second kappa shape index (κ2) is 8.09. The molecular weight excluding hydrogens is 398 g/mol. The van der Waals surface area contributed by atoms with Crippen LogP contribution in [0, 0.1) is 6.92 Å². The van der Waals surface area contributed by atoms with E-state index in [0.29, 0.717) is 25.1 Å². The highest BCUT2D eigenvalue weighted by atomic mass is 16.2. The number of nitrogens with zero attached hydrogens (tertiary/aromatic N) is 4. The molecule has 3 aliphatic rings. The molecule has 9 heteroatoms. The van der Waals surface area contributed by atoms with Gasteiger partial charge in [0, 0.05) is 56.2 Å². The number of fused-ring (bicyclic) bond motifs is 1. The molecule has 0 saturated carbocycles. The van der Waals surface area contributed by atoms with Gasteiger partial charge in [-0.05, 0) is 46.5 Å². The van der Waals surface area contributed by atoms with Crippen LogP contribution in [-0.2, 0) is 22.6 Å². The smallest absolute Gasteiger partial charge is 0.325 e. The molecule has 31 heavy (non-hydrogen) atoms. The molecule has 0 radical (unpaired) electrons. The van der Waals surface area contributed by atoms with E-state index in [-0.39, 0.29) is 36.3 Å². The van der Waals surface area contributed by atoms with Crippen LogP contribution in [0.2, 0.25) is 0 Å². The van der Waals surface area contributed by atoms with Crippen LogP contribution in [0.15, 0.2) is 4.79 Å². The Balaban J connectivity index is 1.39. The van der Waals surface area contributed by atoms with Gasteiger partial charge in [0.25, 0.3) is 11.5 Å². The number of hydrogen-bond donors (Lipinski definition) is 1. The molecule has 2 saturated heterocycles. The van der Waals surface area contributed by atoms with Crippen molar-refractivity contribution in [3.05, 3.63) is 27.4 Å². The van der Waals surface area contributed by atoms with Crippen molar-refractivity contribution in [3.8, 4) is 0 Å². The number of imide groups is 1. The molecule has 2 fully saturated rings. The predicted molar refractivity (Wildman–Crippen MR) is 114 cm³/mol. The van der Waals surface area contributed by atoms with Crippen LogP contribution in [-0.4, -0.2) is 62.4 Å². The first kappa shape index (κ1) is 21.5. The number of nitrogens with one attached hydrogen (secondary N) is 1. The van der Waals surface area contributed by atoms with Crippen LogP contribution >= 0.6 is 0 Å². The van der Waals surface area contributed by atoms with Crippen LogP contribution in [0.4, 0.5) is 4.79 Å². The van der Waals surface area contributed by atoms with E-state index in [4.69, 9.17) is 0 Å². The third-order valence-electron chi connectivity index (χ3n) is 6.70. The van der Waals surface area contributed by atoms with Crippen LogP contribution in [0.25, 0.3) is 0 Å². The number of amides is 4. The lowest BCUT2D eigenvalue weighted by atomic mass is 9.91. The van der Waals surface area contributed by atoms with Crippen molar-refractivity contribution < 1.29 is 14.4 Å². The van der Waals surface area contributed by atoms with Gasteiger partial charge in [0.05, 0.1) is 0 Å². The number of carbonyl (C=O) groups is 3. The van der Waals surface area contributed by atoms with Crippen molar-refractivity contribution in [2.75, 3.05) is 19.6 Å². The molecule has 1 aromatic heterocycles. The van der Waals surface area contributed by atoms with Gasteiger partial charge in [-0.25, -0.2) is 4.79 Å². The van der Waals surface area contributed by atoms with Crippen molar-refractivity contribution in [3.63, 3.8) is 0 Å². The van der Waals surface area contributed by atoms with E-state index in [1.54, 1.807) is 13.8 Å². The molecule has 0 unspecified atom stereocenters. The minimum absolute atomic E-state index is 0.0340. The first-order valence-corrected chi connectivity index (χ1v) is 11.2. The van der Waals surface area contributed by atoms with E-state index >= 15 is 0 Å². The number of piperidine rings is 1. The van der Waals surface area contributed by atoms with Crippen LogP contribution in [0.5, 0.6) is 0 Å². The summed E-state index contributed by atoms with van der Waals surface area (Å²) in [6, 6.07) is -0.395. The number of urea groups is 1. The summed E-state index contributed by atoms with van der Waals surface area (Å²) in [5, 5.41) is 2.66. The molecule has 0 aromatic carbocycles. The molecule has 0 spiro atoms. The number of rotatable bonds is 5. The van der Waals surface area contributed by atoms with E-state index < -0.39 is 11.6 Å². The topological polar surface area (TPSA) is 105 Å². The fourth-order valence-electron chi connectivity index (χ4n) is 5.07. The molecule has 1 atom stereocenters. The maximum atomic E-state index is 12.9. The summed E-state index contributed by atoms with van der Waals surface area (Å²) < 4.78 is 2.19. The van der Waals surface area contributed by atoms with E-state index in [9.17, 15) is 19.2 Å². The third kappa shape index (κ3) is 3.97. The number of aromatic nitrogens is 2. The van der Waals surface area contributed by atoms with Gasteiger partial charge < -0.3 is 14.8 Å². The maximum absolute atomic E-state index is 12.9. The number of likely N-dealkylation sites (tertiary alicyclic amines) is 1. The summed E-state index contributed by atoms with van der Waals surface area (Å²) in [5.41, 5.74) is 0.711. The molecule has 9 nitrogen and oxygen atoms in total. The summed E-state index contributed by atoms with van der Waals surface area (Å²) in [4.78, 5) is 56.8. The van der Waals surface area contributed by atoms with E-state index in [1.165, 1.54) is 4.90 Å². The van der Waals surface area contributed by atoms with Gasteiger partial charge in [0.1, 0.15) is 11.4 Å². The van der Waals surface area contributed by atoms with Gasteiger partial charge >= 0.3 is 6.03 Å². The van der Waals surface area contributed by atoms with Crippen LogP contribution in [0.1, 0.15) is 69.0 Å². The predicted octanol–water partition coefficient (Wildman–Crippen LogP) is 1.31. The number of aryl methyl sites for hydroxylation is 1. The average molecular weight is 430 g/mol.